The lowest BCUT2D eigenvalue weighted by atomic mass is 9.92. The Morgan fingerprint density at radius 3 is 2.47 bits per heavy atom. The van der Waals surface area contributed by atoms with Gasteiger partial charge in [0.2, 0.25) is 0 Å². The number of aryl methyl sites for hydroxylation is 1. The van der Waals surface area contributed by atoms with Crippen LogP contribution in [0.2, 0.25) is 0 Å². The Morgan fingerprint density at radius 2 is 1.88 bits per heavy atom. The molecule has 0 heterocycles. The highest BCUT2D eigenvalue weighted by molar-refractivity contribution is 5.25. The summed E-state index contributed by atoms with van der Waals surface area (Å²) in [5.41, 5.74) is 1.32. The van der Waals surface area contributed by atoms with Crippen LogP contribution in [0.15, 0.2) is 24.3 Å². The number of aromatic hydroxyl groups is 1. The third kappa shape index (κ3) is 3.47. The summed E-state index contributed by atoms with van der Waals surface area (Å²) in [5, 5.41) is 12.7. The van der Waals surface area contributed by atoms with Gasteiger partial charge in [-0.1, -0.05) is 25.0 Å². The fourth-order valence-electron chi connectivity index (χ4n) is 2.96. The number of hydrogen-bond donors (Lipinski definition) is 2. The molecular weight excluding hydrogens is 210 g/mol. The van der Waals surface area contributed by atoms with Crippen molar-refractivity contribution in [3.63, 3.8) is 0 Å². The zero-order chi connectivity index (χ0) is 12.1. The summed E-state index contributed by atoms with van der Waals surface area (Å²) in [6, 6.07) is 8.26. The normalized spacial score (nSPS) is 18.4. The Morgan fingerprint density at radius 1 is 1.24 bits per heavy atom. The minimum absolute atomic E-state index is 0.356. The molecular formula is C15H23NO. The zero-order valence-electron chi connectivity index (χ0n) is 10.7. The number of rotatable bonds is 5. The molecule has 2 rings (SSSR count). The first-order valence-electron chi connectivity index (χ1n) is 6.75. The molecule has 0 bridgehead atoms. The quantitative estimate of drug-likeness (QED) is 0.819. The molecule has 0 aliphatic heterocycles. The van der Waals surface area contributed by atoms with Gasteiger partial charge in [0.1, 0.15) is 5.75 Å². The SMILES string of the molecule is CNC(CCc1ccc(O)cc1)C1CCCC1. The van der Waals surface area contributed by atoms with Crippen molar-refractivity contribution in [3.8, 4) is 5.75 Å². The number of phenols is 1. The van der Waals surface area contributed by atoms with E-state index in [0.717, 1.165) is 12.3 Å². The molecule has 2 heteroatoms. The van der Waals surface area contributed by atoms with Gasteiger partial charge >= 0.3 is 0 Å². The van der Waals surface area contributed by atoms with Crippen molar-refractivity contribution in [2.45, 2.75) is 44.6 Å². The summed E-state index contributed by atoms with van der Waals surface area (Å²) in [5.74, 6) is 1.23. The Balaban J connectivity index is 1.84. The largest absolute Gasteiger partial charge is 0.508 e. The molecule has 0 spiro atoms. The fourth-order valence-corrected chi connectivity index (χ4v) is 2.96. The molecule has 2 nitrogen and oxygen atoms in total. The molecule has 0 radical (unpaired) electrons. The summed E-state index contributed by atoms with van der Waals surface area (Å²) in [6.07, 6.45) is 7.89. The van der Waals surface area contributed by atoms with Gasteiger partial charge in [-0.3, -0.25) is 0 Å². The molecule has 0 saturated heterocycles. The van der Waals surface area contributed by atoms with Gasteiger partial charge in [0.25, 0.3) is 0 Å². The highest BCUT2D eigenvalue weighted by atomic mass is 16.3. The third-order valence-electron chi connectivity index (χ3n) is 4.02. The van der Waals surface area contributed by atoms with E-state index in [1.807, 2.05) is 12.1 Å². The lowest BCUT2D eigenvalue weighted by Gasteiger charge is -2.22. The molecule has 1 aromatic carbocycles. The van der Waals surface area contributed by atoms with Crippen LogP contribution in [-0.4, -0.2) is 18.2 Å². The van der Waals surface area contributed by atoms with Gasteiger partial charge in [-0.2, -0.15) is 0 Å². The van der Waals surface area contributed by atoms with Gasteiger partial charge in [-0.15, -0.1) is 0 Å². The predicted octanol–water partition coefficient (Wildman–Crippen LogP) is 3.10. The number of nitrogens with one attached hydrogen (secondary N) is 1. The molecule has 94 valence electrons. The van der Waals surface area contributed by atoms with Crippen molar-refractivity contribution in [2.24, 2.45) is 5.92 Å². The summed E-state index contributed by atoms with van der Waals surface area (Å²) in [6.45, 7) is 0. The lowest BCUT2D eigenvalue weighted by Crippen LogP contribution is -2.32. The second kappa shape index (κ2) is 6.06. The highest BCUT2D eigenvalue weighted by Gasteiger charge is 2.23. The van der Waals surface area contributed by atoms with Crippen LogP contribution in [0.25, 0.3) is 0 Å². The van der Waals surface area contributed by atoms with Crippen LogP contribution in [0.3, 0.4) is 0 Å². The Kier molecular flexibility index (Phi) is 4.43. The average molecular weight is 233 g/mol. The van der Waals surface area contributed by atoms with E-state index in [0.29, 0.717) is 11.8 Å². The van der Waals surface area contributed by atoms with Gasteiger partial charge in [-0.05, 0) is 56.3 Å². The van der Waals surface area contributed by atoms with E-state index in [9.17, 15) is 5.11 Å². The van der Waals surface area contributed by atoms with Crippen LogP contribution >= 0.6 is 0 Å². The van der Waals surface area contributed by atoms with E-state index in [1.165, 1.54) is 37.7 Å². The van der Waals surface area contributed by atoms with Gasteiger partial charge in [-0.25, -0.2) is 0 Å². The van der Waals surface area contributed by atoms with Crippen molar-refractivity contribution in [2.75, 3.05) is 7.05 Å². The van der Waals surface area contributed by atoms with Crippen LogP contribution < -0.4 is 5.32 Å². The second-order valence-electron chi connectivity index (χ2n) is 5.14. The van der Waals surface area contributed by atoms with Crippen molar-refractivity contribution < 1.29 is 5.11 Å². The molecule has 1 atom stereocenters. The van der Waals surface area contributed by atoms with Crippen molar-refractivity contribution >= 4 is 0 Å². The maximum Gasteiger partial charge on any atom is 0.115 e. The molecule has 1 fully saturated rings. The molecule has 17 heavy (non-hydrogen) atoms. The number of phenolic OH excluding ortho intramolecular Hbond substituents is 1. The topological polar surface area (TPSA) is 32.3 Å². The number of hydrogen-bond acceptors (Lipinski definition) is 2. The Labute approximate surface area is 104 Å². The molecule has 1 saturated carbocycles. The average Bonchev–Trinajstić information content (AvgIpc) is 2.86. The van der Waals surface area contributed by atoms with Gasteiger partial charge in [0.15, 0.2) is 0 Å². The summed E-state index contributed by atoms with van der Waals surface area (Å²) in [7, 11) is 2.08. The Bertz CT molecular complexity index is 327. The van der Waals surface area contributed by atoms with Crippen LogP contribution in [0.4, 0.5) is 0 Å². The van der Waals surface area contributed by atoms with Gasteiger partial charge in [0, 0.05) is 6.04 Å². The first-order valence-corrected chi connectivity index (χ1v) is 6.75. The third-order valence-corrected chi connectivity index (χ3v) is 4.02. The van der Waals surface area contributed by atoms with E-state index < -0.39 is 0 Å². The maximum absolute atomic E-state index is 9.24. The molecule has 1 aliphatic rings. The predicted molar refractivity (Wildman–Crippen MR) is 71.2 cm³/mol. The van der Waals surface area contributed by atoms with Crippen LogP contribution in [0, 0.1) is 5.92 Å². The van der Waals surface area contributed by atoms with Crippen molar-refractivity contribution in [1.82, 2.24) is 5.32 Å². The maximum atomic E-state index is 9.24. The minimum atomic E-state index is 0.356. The first-order chi connectivity index (χ1) is 8.29. The summed E-state index contributed by atoms with van der Waals surface area (Å²) >= 11 is 0. The molecule has 1 aliphatic carbocycles. The smallest absolute Gasteiger partial charge is 0.115 e. The van der Waals surface area contributed by atoms with Crippen LogP contribution in [0.5, 0.6) is 5.75 Å². The molecule has 1 unspecified atom stereocenters. The van der Waals surface area contributed by atoms with Crippen molar-refractivity contribution in [1.29, 1.82) is 0 Å². The van der Waals surface area contributed by atoms with Crippen LogP contribution in [0.1, 0.15) is 37.7 Å². The fraction of sp³-hybridized carbons (Fsp3) is 0.600. The first kappa shape index (κ1) is 12.4. The monoisotopic (exact) mass is 233 g/mol. The van der Waals surface area contributed by atoms with Crippen LogP contribution in [-0.2, 0) is 6.42 Å². The Hall–Kier alpha value is -1.02. The number of benzene rings is 1. The van der Waals surface area contributed by atoms with E-state index in [4.69, 9.17) is 0 Å². The van der Waals surface area contributed by atoms with Gasteiger partial charge < -0.3 is 10.4 Å². The molecule has 2 N–H and O–H groups in total. The van der Waals surface area contributed by atoms with E-state index in [2.05, 4.69) is 12.4 Å². The van der Waals surface area contributed by atoms with E-state index >= 15 is 0 Å². The summed E-state index contributed by atoms with van der Waals surface area (Å²) < 4.78 is 0. The second-order valence-corrected chi connectivity index (χ2v) is 5.14. The lowest BCUT2D eigenvalue weighted by molar-refractivity contribution is 0.360. The minimum Gasteiger partial charge on any atom is -0.508 e. The van der Waals surface area contributed by atoms with Gasteiger partial charge in [0.05, 0.1) is 0 Å². The highest BCUT2D eigenvalue weighted by Crippen LogP contribution is 2.29. The zero-order valence-corrected chi connectivity index (χ0v) is 10.7. The molecule has 0 aromatic heterocycles. The standard InChI is InChI=1S/C15H23NO/c1-16-15(13-4-2-3-5-13)11-8-12-6-9-14(17)10-7-12/h6-7,9-10,13,15-17H,2-5,8,11H2,1H3. The van der Waals surface area contributed by atoms with E-state index in [-0.39, 0.29) is 0 Å². The summed E-state index contributed by atoms with van der Waals surface area (Å²) in [4.78, 5) is 0. The van der Waals surface area contributed by atoms with E-state index in [1.54, 1.807) is 12.1 Å². The molecule has 0 amide bonds. The molecule has 1 aromatic rings. The van der Waals surface area contributed by atoms with Crippen molar-refractivity contribution in [3.05, 3.63) is 29.8 Å².